The van der Waals surface area contributed by atoms with Crippen LogP contribution < -0.4 is 11.2 Å². The van der Waals surface area contributed by atoms with Gasteiger partial charge >= 0.3 is 0 Å². The van der Waals surface area contributed by atoms with Crippen molar-refractivity contribution in [3.05, 3.63) is 59.9 Å². The maximum Gasteiger partial charge on any atom is 0.237 e. The largest absolute Gasteiger partial charge is 0.335 e. The molecule has 0 saturated heterocycles. The minimum Gasteiger partial charge on any atom is -0.335 e. The molecule has 1 amide bonds. The number of nitrogens with two attached hydrogens (primary N) is 1. The molecule has 0 aliphatic heterocycles. The minimum atomic E-state index is -0.470. The smallest absolute Gasteiger partial charge is 0.237 e. The van der Waals surface area contributed by atoms with Gasteiger partial charge in [0.05, 0.1) is 5.25 Å². The first kappa shape index (κ1) is 20.9. The van der Waals surface area contributed by atoms with E-state index < -0.39 is 5.25 Å². The highest BCUT2D eigenvalue weighted by molar-refractivity contribution is 8.00. The number of benzene rings is 2. The fraction of sp³-hybridized carbons (Fsp3) is 0.286. The van der Waals surface area contributed by atoms with Gasteiger partial charge in [-0.1, -0.05) is 56.8 Å². The molecule has 3 rings (SSSR count). The van der Waals surface area contributed by atoms with Crippen LogP contribution in [0.15, 0.2) is 53.7 Å². The van der Waals surface area contributed by atoms with Crippen molar-refractivity contribution in [1.29, 1.82) is 0 Å². The van der Waals surface area contributed by atoms with Crippen molar-refractivity contribution in [2.75, 3.05) is 11.2 Å². The van der Waals surface area contributed by atoms with Crippen LogP contribution in [0, 0.1) is 5.82 Å². The lowest BCUT2D eigenvalue weighted by molar-refractivity contribution is -0.115. The summed E-state index contributed by atoms with van der Waals surface area (Å²) in [6.07, 6.45) is 0. The van der Waals surface area contributed by atoms with Gasteiger partial charge in [0.2, 0.25) is 11.1 Å². The number of nitrogen functional groups attached to an aromatic ring is 1. The molecular formula is C21H24FN5OS. The van der Waals surface area contributed by atoms with Crippen LogP contribution in [0.5, 0.6) is 0 Å². The lowest BCUT2D eigenvalue weighted by atomic mass is 9.87. The summed E-state index contributed by atoms with van der Waals surface area (Å²) in [5.41, 5.74) is 2.65. The summed E-state index contributed by atoms with van der Waals surface area (Å²) in [7, 11) is 0. The Morgan fingerprint density at radius 1 is 1.10 bits per heavy atom. The molecule has 152 valence electrons. The third-order valence-electron chi connectivity index (χ3n) is 4.44. The third kappa shape index (κ3) is 4.95. The number of hydrogen-bond acceptors (Lipinski definition) is 5. The lowest BCUT2D eigenvalue weighted by Gasteiger charge is -2.19. The topological polar surface area (TPSA) is 85.8 Å². The van der Waals surface area contributed by atoms with Gasteiger partial charge in [-0.3, -0.25) is 4.79 Å². The predicted molar refractivity (Wildman–Crippen MR) is 115 cm³/mol. The summed E-state index contributed by atoms with van der Waals surface area (Å²) < 4.78 is 14.4. The summed E-state index contributed by atoms with van der Waals surface area (Å²) in [5.74, 6) is 6.11. The predicted octanol–water partition coefficient (Wildman–Crippen LogP) is 4.21. The number of amides is 1. The van der Waals surface area contributed by atoms with E-state index >= 15 is 0 Å². The molecule has 2 aromatic carbocycles. The molecule has 0 radical (unpaired) electrons. The molecule has 0 aliphatic carbocycles. The number of halogens is 1. The van der Waals surface area contributed by atoms with Gasteiger partial charge < -0.3 is 11.2 Å². The van der Waals surface area contributed by atoms with E-state index in [1.54, 1.807) is 6.92 Å². The fourth-order valence-corrected chi connectivity index (χ4v) is 3.43. The number of nitrogens with zero attached hydrogens (tertiary/aromatic N) is 3. The maximum absolute atomic E-state index is 13.0. The first-order chi connectivity index (χ1) is 13.6. The van der Waals surface area contributed by atoms with Crippen molar-refractivity contribution in [3.8, 4) is 11.4 Å². The summed E-state index contributed by atoms with van der Waals surface area (Å²) in [5, 5.41) is 11.0. The molecule has 3 N–H and O–H groups in total. The number of aromatic nitrogens is 3. The van der Waals surface area contributed by atoms with Crippen molar-refractivity contribution in [1.82, 2.24) is 14.9 Å². The van der Waals surface area contributed by atoms with E-state index in [-0.39, 0.29) is 17.1 Å². The standard InChI is InChI=1S/C21H24FN5OS/c1-13(19(28)24-17-11-9-16(22)10-12-17)29-20-26-25-18(27(20)23)14-5-7-15(8-6-14)21(2,3)4/h5-13H,23H2,1-4H3,(H,24,28)/t13-/m1/s1. The van der Waals surface area contributed by atoms with E-state index in [9.17, 15) is 9.18 Å². The van der Waals surface area contributed by atoms with Crippen molar-refractivity contribution < 1.29 is 9.18 Å². The molecule has 29 heavy (non-hydrogen) atoms. The van der Waals surface area contributed by atoms with E-state index in [2.05, 4.69) is 48.4 Å². The quantitative estimate of drug-likeness (QED) is 0.483. The van der Waals surface area contributed by atoms with Gasteiger partial charge in [-0.15, -0.1) is 10.2 Å². The van der Waals surface area contributed by atoms with Gasteiger partial charge in [0, 0.05) is 11.3 Å². The monoisotopic (exact) mass is 413 g/mol. The van der Waals surface area contributed by atoms with Crippen LogP contribution >= 0.6 is 11.8 Å². The number of carbonyl (C=O) groups is 1. The zero-order valence-electron chi connectivity index (χ0n) is 16.8. The van der Waals surface area contributed by atoms with Crippen LogP contribution in [0.4, 0.5) is 10.1 Å². The van der Waals surface area contributed by atoms with E-state index in [4.69, 9.17) is 5.84 Å². The Bertz CT molecular complexity index is 993. The second kappa shape index (κ2) is 8.24. The van der Waals surface area contributed by atoms with Gasteiger partial charge in [-0.05, 0) is 42.2 Å². The SMILES string of the molecule is C[C@@H](Sc1nnc(-c2ccc(C(C)(C)C)cc2)n1N)C(=O)Nc1ccc(F)cc1. The molecule has 0 unspecified atom stereocenters. The molecule has 1 atom stereocenters. The van der Waals surface area contributed by atoms with Crippen LogP contribution in [0.25, 0.3) is 11.4 Å². The normalized spacial score (nSPS) is 12.6. The molecule has 1 aromatic heterocycles. The number of thioether (sulfide) groups is 1. The van der Waals surface area contributed by atoms with Crippen LogP contribution in [0.1, 0.15) is 33.3 Å². The van der Waals surface area contributed by atoms with Crippen molar-refractivity contribution in [3.63, 3.8) is 0 Å². The fourth-order valence-electron chi connectivity index (χ4n) is 2.66. The zero-order chi connectivity index (χ0) is 21.2. The van der Waals surface area contributed by atoms with Gasteiger partial charge in [-0.2, -0.15) is 0 Å². The van der Waals surface area contributed by atoms with Crippen molar-refractivity contribution in [2.45, 2.75) is 43.5 Å². The zero-order valence-corrected chi connectivity index (χ0v) is 17.6. The lowest BCUT2D eigenvalue weighted by Crippen LogP contribution is -2.23. The van der Waals surface area contributed by atoms with Gasteiger partial charge in [0.1, 0.15) is 5.82 Å². The number of anilines is 1. The third-order valence-corrected chi connectivity index (χ3v) is 5.49. The summed E-state index contributed by atoms with van der Waals surface area (Å²) in [4.78, 5) is 12.4. The van der Waals surface area contributed by atoms with Gasteiger partial charge in [0.15, 0.2) is 5.82 Å². The number of hydrogen-bond donors (Lipinski definition) is 2. The van der Waals surface area contributed by atoms with Crippen molar-refractivity contribution >= 4 is 23.4 Å². The Morgan fingerprint density at radius 3 is 2.31 bits per heavy atom. The Hall–Kier alpha value is -2.87. The Labute approximate surface area is 173 Å². The highest BCUT2D eigenvalue weighted by Crippen LogP contribution is 2.28. The highest BCUT2D eigenvalue weighted by Gasteiger charge is 2.20. The van der Waals surface area contributed by atoms with E-state index in [0.29, 0.717) is 16.7 Å². The molecule has 0 saturated carbocycles. The molecule has 8 heteroatoms. The summed E-state index contributed by atoms with van der Waals surface area (Å²) in [6.45, 7) is 8.21. The van der Waals surface area contributed by atoms with E-state index in [1.165, 1.54) is 46.3 Å². The second-order valence-corrected chi connectivity index (χ2v) is 9.07. The molecule has 1 heterocycles. The number of nitrogens with one attached hydrogen (secondary N) is 1. The Morgan fingerprint density at radius 2 is 1.72 bits per heavy atom. The Kier molecular flexibility index (Phi) is 5.93. The molecule has 6 nitrogen and oxygen atoms in total. The van der Waals surface area contributed by atoms with Crippen LogP contribution in [-0.2, 0) is 10.2 Å². The number of carbonyl (C=O) groups excluding carboxylic acids is 1. The van der Waals surface area contributed by atoms with Gasteiger partial charge in [0.25, 0.3) is 0 Å². The molecule has 0 fully saturated rings. The molecule has 0 bridgehead atoms. The first-order valence-electron chi connectivity index (χ1n) is 9.19. The molecule has 3 aromatic rings. The Balaban J connectivity index is 1.70. The molecule has 0 spiro atoms. The minimum absolute atomic E-state index is 0.0588. The summed E-state index contributed by atoms with van der Waals surface area (Å²) in [6, 6.07) is 13.6. The van der Waals surface area contributed by atoms with E-state index in [0.717, 1.165) is 5.56 Å². The number of rotatable bonds is 5. The van der Waals surface area contributed by atoms with Crippen LogP contribution in [-0.4, -0.2) is 26.0 Å². The first-order valence-corrected chi connectivity index (χ1v) is 10.1. The van der Waals surface area contributed by atoms with Crippen LogP contribution in [0.2, 0.25) is 0 Å². The molecule has 0 aliphatic rings. The summed E-state index contributed by atoms with van der Waals surface area (Å²) >= 11 is 1.20. The van der Waals surface area contributed by atoms with Gasteiger partial charge in [-0.25, -0.2) is 9.07 Å². The highest BCUT2D eigenvalue weighted by atomic mass is 32.2. The van der Waals surface area contributed by atoms with Crippen LogP contribution in [0.3, 0.4) is 0 Å². The second-order valence-electron chi connectivity index (χ2n) is 7.76. The van der Waals surface area contributed by atoms with E-state index in [1.807, 2.05) is 12.1 Å². The average Bonchev–Trinajstić information content (AvgIpc) is 3.03. The maximum atomic E-state index is 13.0. The van der Waals surface area contributed by atoms with Crippen molar-refractivity contribution in [2.24, 2.45) is 0 Å². The average molecular weight is 414 g/mol. The molecular weight excluding hydrogens is 389 g/mol.